The Balaban J connectivity index is 1.12. The van der Waals surface area contributed by atoms with Gasteiger partial charge in [0.15, 0.2) is 0 Å². The molecule has 2 aliphatic rings. The second kappa shape index (κ2) is 31.5. The maximum Gasteiger partial charge on any atom is 0.252 e. The minimum Gasteiger partial charge on any atom is -0.310 e. The van der Waals surface area contributed by atoms with Gasteiger partial charge in [-0.1, -0.05) is 389 Å². The van der Waals surface area contributed by atoms with E-state index in [-0.39, 0.29) is 71.2 Å². The van der Waals surface area contributed by atoms with Gasteiger partial charge < -0.3 is 23.5 Å². The highest BCUT2D eigenvalue weighted by Gasteiger charge is 2.48. The van der Waals surface area contributed by atoms with Gasteiger partial charge in [-0.25, -0.2) is 0 Å². The maximum atomic E-state index is 10.7. The van der Waals surface area contributed by atoms with Crippen molar-refractivity contribution in [2.45, 2.75) is 262 Å². The Morgan fingerprint density at radius 2 is 0.529 bits per heavy atom. The van der Waals surface area contributed by atoms with E-state index in [4.69, 9.17) is 0 Å². The fourth-order valence-corrected chi connectivity index (χ4v) is 21.0. The Morgan fingerprint density at radius 3 is 0.934 bits per heavy atom. The third-order valence-electron chi connectivity index (χ3n) is 28.8. The molecule has 5 heterocycles. The van der Waals surface area contributed by atoms with Crippen molar-refractivity contribution in [1.29, 1.82) is 0 Å². The lowest BCUT2D eigenvalue weighted by molar-refractivity contribution is 0.569. The van der Waals surface area contributed by atoms with Gasteiger partial charge in [0.1, 0.15) is 0 Å². The Labute approximate surface area is 833 Å². The lowest BCUT2D eigenvalue weighted by Crippen LogP contribution is -2.61. The fraction of sp³-hybridized carbons (Fsp3) is 0.308. The van der Waals surface area contributed by atoms with Crippen LogP contribution in [-0.2, 0) is 54.1 Å². The normalized spacial score (nSPS) is 15.4. The van der Waals surface area contributed by atoms with Crippen molar-refractivity contribution in [1.82, 2.24) is 13.7 Å². The molecule has 0 atom stereocenters. The van der Waals surface area contributed by atoms with Gasteiger partial charge in [-0.2, -0.15) is 0 Å². The number of hydrogen-bond acceptors (Lipinski definition) is 2. The first-order chi connectivity index (χ1) is 70.4. The summed E-state index contributed by atoms with van der Waals surface area (Å²) in [4.78, 5) is 4.81. The molecule has 0 N–H and O–H groups in total. The fourth-order valence-electron chi connectivity index (χ4n) is 21.0. The largest absolute Gasteiger partial charge is 0.310 e. The molecule has 0 bridgehead atoms. The van der Waals surface area contributed by atoms with E-state index in [2.05, 4.69) is 404 Å². The summed E-state index contributed by atoms with van der Waals surface area (Å²) >= 11 is 0. The SMILES string of the molecule is [2H]c1c([2H])c([2H])c2c(c1[2H])c1c([2H])c([2H])c([2H])c([2H])c1n2-c1ccc2c(c1)N(c1c(-c3ccc(C(C)(C)C)cc3)cc(C(C)(C)C)cc1-c1cc(C(C)(C)C)ccc1C(C)(C)C)c1cc(-n3c4c([2H])c([2H])c([2H])c([2H])c4c4c([2H])c([2H])c([2H])c([2H])c43)cc3c1B2c1ccc(-n2c4ccc(C(C)(C)C)cc4c4cc(C(C)(C)C)ccc42)cc1N3c1c(-c2cc(C(C)(C)C)cc(C(C)(C)C)c2)cc(C(C)(C)C)cc1-c1ccccc1C(C)(C)C. The average Bonchev–Trinajstić information content (AvgIpc) is 0.863. The first kappa shape index (κ1) is 73.7. The van der Waals surface area contributed by atoms with Gasteiger partial charge in [-0.3, -0.25) is 0 Å². The van der Waals surface area contributed by atoms with E-state index < -0.39 is 141 Å². The van der Waals surface area contributed by atoms with Crippen molar-refractivity contribution >= 4 is 123 Å². The summed E-state index contributed by atoms with van der Waals surface area (Å²) in [6, 6.07) is 63.2. The topological polar surface area (TPSA) is 21.3 Å². The number of para-hydroxylation sites is 4. The molecule has 2 aliphatic heterocycles. The molecule has 0 radical (unpaired) electrons. The summed E-state index contributed by atoms with van der Waals surface area (Å²) in [6.45, 7) is 66.5. The Hall–Kier alpha value is -12.6. The van der Waals surface area contributed by atoms with Crippen LogP contribution in [0.15, 0.2) is 291 Å². The Bertz CT molecular complexity index is 8710. The van der Waals surface area contributed by atoms with Crippen LogP contribution in [0.2, 0.25) is 0 Å². The zero-order valence-electron chi connectivity index (χ0n) is 101. The molecule has 0 saturated heterocycles. The van der Waals surface area contributed by atoms with Crippen LogP contribution in [0.1, 0.15) is 285 Å². The molecule has 0 aliphatic carbocycles. The molecular weight excluding hydrogens is 1640 g/mol. The van der Waals surface area contributed by atoms with Crippen LogP contribution in [0.25, 0.3) is 127 Å². The number of fused-ring (bicyclic) bond motifs is 13. The van der Waals surface area contributed by atoms with Gasteiger partial charge in [-0.05, 0) is 258 Å². The van der Waals surface area contributed by atoms with Gasteiger partial charge in [0.2, 0.25) is 0 Å². The van der Waals surface area contributed by atoms with E-state index >= 15 is 0 Å². The van der Waals surface area contributed by atoms with Crippen molar-refractivity contribution in [3.8, 4) is 61.6 Å². The third kappa shape index (κ3) is 15.4. The number of benzene rings is 15. The molecule has 0 spiro atoms. The molecule has 0 fully saturated rings. The first-order valence-corrected chi connectivity index (χ1v) is 48.5. The van der Waals surface area contributed by atoms with E-state index in [1.807, 2.05) is 12.1 Å². The van der Waals surface area contributed by atoms with Crippen molar-refractivity contribution in [2.75, 3.05) is 9.80 Å². The van der Waals surface area contributed by atoms with Crippen LogP contribution in [0.5, 0.6) is 0 Å². The molecule has 3 aromatic heterocycles. The van der Waals surface area contributed by atoms with Crippen molar-refractivity contribution in [3.63, 3.8) is 0 Å². The smallest absolute Gasteiger partial charge is 0.252 e. The number of hydrogen-bond donors (Lipinski definition) is 0. The molecule has 15 aromatic carbocycles. The molecule has 0 amide bonds. The Kier molecular flexibility index (Phi) is 17.0. The van der Waals surface area contributed by atoms with Crippen LogP contribution in [0.3, 0.4) is 0 Å². The predicted molar refractivity (Wildman–Crippen MR) is 592 cm³/mol. The molecule has 6 heteroatoms. The standard InChI is InChI=1S/C130H138BN5/c1-121(2,3)81-53-51-79(52-54-81)97-71-87(127(19,20)21)74-103(99-68-82(122(4,5)6)55-60-105(99)130(28,29)30)119(97)135-114-75-89(132-108-47-37-32-42-93(108)94-43-33-38-48-109(94)132)58-61-106(114)131-107-62-59-90(133-112-63-56-83(123(7,8)9)69-100(112)101-70-84(124(10,11)12)57-64-113(101)133)76-115(107)136(117-78-91(77-116(135)118(117)131)134-110-49-39-34-44-95(110)96-45-35-40-50-111(96)134)120-98(80-65-85(125(13,14)15)67-86(66-80)126(16,17)18)72-88(128(22,23)24)73-102(120)92-41-31-36-46-104(92)129(25,26)27/h31-78H,1-30H3/i32D,33D,34D,35D,37D,38D,39D,40D,42D,43D,44D,45D,47D,48D,49D,50D. The van der Waals surface area contributed by atoms with Gasteiger partial charge in [0, 0.05) is 88.7 Å². The number of anilines is 6. The summed E-state index contributed by atoms with van der Waals surface area (Å²) < 4.78 is 166. The van der Waals surface area contributed by atoms with E-state index in [1.165, 1.54) is 0 Å². The summed E-state index contributed by atoms with van der Waals surface area (Å²) in [5.41, 5.74) is 22.1. The molecule has 20 rings (SSSR count). The molecule has 5 nitrogen and oxygen atoms in total. The van der Waals surface area contributed by atoms with E-state index in [0.29, 0.717) is 28.4 Å². The van der Waals surface area contributed by atoms with Crippen LogP contribution in [-0.4, -0.2) is 20.4 Å². The highest BCUT2D eigenvalue weighted by Crippen LogP contribution is 2.59. The van der Waals surface area contributed by atoms with Crippen molar-refractivity contribution in [2.24, 2.45) is 0 Å². The minimum atomic E-state index is -0.905. The number of nitrogens with zero attached hydrogens (tertiary/aromatic N) is 5. The minimum absolute atomic E-state index is 0.0882. The molecule has 0 unspecified atom stereocenters. The predicted octanol–water partition coefficient (Wildman–Crippen LogP) is 34.7. The van der Waals surface area contributed by atoms with Crippen LogP contribution in [0.4, 0.5) is 34.1 Å². The lowest BCUT2D eigenvalue weighted by Gasteiger charge is -2.46. The van der Waals surface area contributed by atoms with E-state index in [1.54, 1.807) is 9.13 Å². The number of aromatic nitrogens is 3. The van der Waals surface area contributed by atoms with Crippen molar-refractivity contribution in [3.05, 3.63) is 346 Å². The lowest BCUT2D eigenvalue weighted by atomic mass is 9.33. The molecule has 136 heavy (non-hydrogen) atoms. The van der Waals surface area contributed by atoms with Gasteiger partial charge in [0.25, 0.3) is 6.71 Å². The average molecular weight is 1800 g/mol. The quantitative estimate of drug-likeness (QED) is 0.134. The highest BCUT2D eigenvalue weighted by atomic mass is 15.2. The second-order valence-electron chi connectivity index (χ2n) is 48.9. The number of rotatable bonds is 9. The van der Waals surface area contributed by atoms with Crippen LogP contribution < -0.4 is 26.2 Å². The van der Waals surface area contributed by atoms with Gasteiger partial charge in [-0.15, -0.1) is 0 Å². The van der Waals surface area contributed by atoms with Crippen LogP contribution >= 0.6 is 0 Å². The maximum absolute atomic E-state index is 10.7. The summed E-state index contributed by atoms with van der Waals surface area (Å²) in [5, 5.41) is 1.68. The molecule has 0 saturated carbocycles. The molecule has 18 aromatic rings. The van der Waals surface area contributed by atoms with E-state index in [9.17, 15) is 21.9 Å². The summed E-state index contributed by atoms with van der Waals surface area (Å²) in [6.07, 6.45) is 0. The zero-order chi connectivity index (χ0) is 111. The van der Waals surface area contributed by atoms with E-state index in [0.717, 1.165) is 150 Å². The van der Waals surface area contributed by atoms with Crippen LogP contribution in [0, 0.1) is 0 Å². The van der Waals surface area contributed by atoms with Crippen molar-refractivity contribution < 1.29 is 21.9 Å². The highest BCUT2D eigenvalue weighted by molar-refractivity contribution is 7.00. The second-order valence-corrected chi connectivity index (χ2v) is 48.9. The van der Waals surface area contributed by atoms with Gasteiger partial charge >= 0.3 is 0 Å². The zero-order valence-corrected chi connectivity index (χ0v) is 85.3. The molecule has 686 valence electrons. The summed E-state index contributed by atoms with van der Waals surface area (Å²) in [7, 11) is 0. The Morgan fingerprint density at radius 1 is 0.213 bits per heavy atom. The first-order valence-electron chi connectivity index (χ1n) is 56.5. The summed E-state index contributed by atoms with van der Waals surface area (Å²) in [5.74, 6) is 0. The molecular formula is C130H138BN5. The van der Waals surface area contributed by atoms with Gasteiger partial charge in [0.05, 0.1) is 72.1 Å². The third-order valence-corrected chi connectivity index (χ3v) is 28.8. The monoisotopic (exact) mass is 1800 g/mol.